The molecule has 1 amide bonds. The van der Waals surface area contributed by atoms with Gasteiger partial charge in [0.15, 0.2) is 0 Å². The molecule has 0 aromatic carbocycles. The highest BCUT2D eigenvalue weighted by Crippen LogP contribution is 2.21. The molecule has 0 saturated carbocycles. The highest BCUT2D eigenvalue weighted by Gasteiger charge is 2.21. The van der Waals surface area contributed by atoms with Gasteiger partial charge in [0.25, 0.3) is 5.91 Å². The lowest BCUT2D eigenvalue weighted by Crippen LogP contribution is -2.29. The lowest BCUT2D eigenvalue weighted by molar-refractivity contribution is 0.0792. The molecule has 0 aliphatic rings. The van der Waals surface area contributed by atoms with Gasteiger partial charge in [0, 0.05) is 19.2 Å². The molecule has 1 aromatic rings. The number of hydrogen-bond acceptors (Lipinski definition) is 3. The Morgan fingerprint density at radius 1 is 1.31 bits per heavy atom. The topological polar surface area (TPSA) is 59.5 Å². The maximum atomic E-state index is 12.1. The molecule has 90 valence electrons. The van der Waals surface area contributed by atoms with Gasteiger partial charge >= 0.3 is 0 Å². The summed E-state index contributed by atoms with van der Waals surface area (Å²) >= 11 is 0. The van der Waals surface area contributed by atoms with Gasteiger partial charge in [-0.05, 0) is 33.7 Å². The van der Waals surface area contributed by atoms with Crippen LogP contribution in [0, 0.1) is 20.8 Å². The second-order valence-corrected chi connectivity index (χ2v) is 4.08. The molecule has 0 aliphatic carbocycles. The van der Waals surface area contributed by atoms with Crippen LogP contribution < -0.4 is 5.73 Å². The van der Waals surface area contributed by atoms with Crippen molar-refractivity contribution >= 4 is 5.91 Å². The van der Waals surface area contributed by atoms with Gasteiger partial charge in [0.1, 0.15) is 11.5 Å². The average molecular weight is 224 g/mol. The van der Waals surface area contributed by atoms with Gasteiger partial charge < -0.3 is 15.1 Å². The van der Waals surface area contributed by atoms with Gasteiger partial charge in [0.05, 0.1) is 5.56 Å². The Hall–Kier alpha value is -1.29. The number of hydrogen-bond donors (Lipinski definition) is 1. The number of rotatable bonds is 4. The minimum atomic E-state index is 0.0142. The first-order chi connectivity index (χ1) is 7.49. The van der Waals surface area contributed by atoms with E-state index >= 15 is 0 Å². The second-order valence-electron chi connectivity index (χ2n) is 4.08. The van der Waals surface area contributed by atoms with Crippen molar-refractivity contribution < 1.29 is 9.21 Å². The molecule has 1 heterocycles. The van der Waals surface area contributed by atoms with E-state index < -0.39 is 0 Å². The Balaban J connectivity index is 2.87. The normalized spacial score (nSPS) is 10.6. The Bertz CT molecular complexity index is 383. The summed E-state index contributed by atoms with van der Waals surface area (Å²) < 4.78 is 5.45. The summed E-state index contributed by atoms with van der Waals surface area (Å²) in [5, 5.41) is 0. The van der Waals surface area contributed by atoms with Gasteiger partial charge in [0.2, 0.25) is 0 Å². The average Bonchev–Trinajstić information content (AvgIpc) is 2.49. The van der Waals surface area contributed by atoms with E-state index in [-0.39, 0.29) is 5.91 Å². The van der Waals surface area contributed by atoms with E-state index in [1.54, 1.807) is 11.9 Å². The summed E-state index contributed by atoms with van der Waals surface area (Å²) in [7, 11) is 1.79. The summed E-state index contributed by atoms with van der Waals surface area (Å²) in [4.78, 5) is 13.8. The summed E-state index contributed by atoms with van der Waals surface area (Å²) in [5.74, 6) is 1.52. The Morgan fingerprint density at radius 3 is 2.38 bits per heavy atom. The molecule has 0 bridgehead atoms. The molecule has 4 nitrogen and oxygen atoms in total. The third kappa shape index (κ3) is 2.44. The number of carbonyl (C=O) groups excluding carboxylic acids is 1. The third-order valence-corrected chi connectivity index (χ3v) is 2.82. The fourth-order valence-electron chi connectivity index (χ4n) is 1.73. The first kappa shape index (κ1) is 12.8. The maximum absolute atomic E-state index is 12.1. The highest BCUT2D eigenvalue weighted by molar-refractivity contribution is 5.96. The molecule has 0 unspecified atom stereocenters. The molecule has 4 heteroatoms. The van der Waals surface area contributed by atoms with Crippen molar-refractivity contribution in [2.75, 3.05) is 20.1 Å². The molecule has 0 saturated heterocycles. The zero-order valence-electron chi connectivity index (χ0n) is 10.5. The molecule has 0 fully saturated rings. The maximum Gasteiger partial charge on any atom is 0.257 e. The number of furan rings is 1. The van der Waals surface area contributed by atoms with Crippen LogP contribution in [0.4, 0.5) is 0 Å². The standard InChI is InChI=1S/C12H20N2O2/c1-8-9(2)16-10(3)11(8)12(15)14(4)7-5-6-13/h5-7,13H2,1-4H3. The van der Waals surface area contributed by atoms with Crippen LogP contribution in [0.2, 0.25) is 0 Å². The largest absolute Gasteiger partial charge is 0.466 e. The van der Waals surface area contributed by atoms with Crippen molar-refractivity contribution in [2.24, 2.45) is 5.73 Å². The van der Waals surface area contributed by atoms with Crippen molar-refractivity contribution in [1.82, 2.24) is 4.90 Å². The fourth-order valence-corrected chi connectivity index (χ4v) is 1.73. The van der Waals surface area contributed by atoms with Crippen LogP contribution in [0.3, 0.4) is 0 Å². The number of aryl methyl sites for hydroxylation is 2. The van der Waals surface area contributed by atoms with E-state index in [9.17, 15) is 4.79 Å². The molecule has 0 spiro atoms. The van der Waals surface area contributed by atoms with Crippen molar-refractivity contribution in [3.05, 3.63) is 22.6 Å². The quantitative estimate of drug-likeness (QED) is 0.845. The number of amides is 1. The molecule has 16 heavy (non-hydrogen) atoms. The summed E-state index contributed by atoms with van der Waals surface area (Å²) in [6, 6.07) is 0. The molecule has 0 aliphatic heterocycles. The van der Waals surface area contributed by atoms with Crippen molar-refractivity contribution in [3.8, 4) is 0 Å². The summed E-state index contributed by atoms with van der Waals surface area (Å²) in [6.45, 7) is 6.89. The molecule has 2 N–H and O–H groups in total. The lowest BCUT2D eigenvalue weighted by atomic mass is 10.1. The number of carbonyl (C=O) groups is 1. The van der Waals surface area contributed by atoms with Crippen LogP contribution in [0.15, 0.2) is 4.42 Å². The molecular formula is C12H20N2O2. The lowest BCUT2D eigenvalue weighted by Gasteiger charge is -2.16. The minimum absolute atomic E-state index is 0.0142. The van der Waals surface area contributed by atoms with Crippen LogP contribution in [0.1, 0.15) is 33.9 Å². The molecular weight excluding hydrogens is 204 g/mol. The van der Waals surface area contributed by atoms with E-state index in [4.69, 9.17) is 10.2 Å². The third-order valence-electron chi connectivity index (χ3n) is 2.82. The Labute approximate surface area is 96.4 Å². The smallest absolute Gasteiger partial charge is 0.257 e. The van der Waals surface area contributed by atoms with E-state index in [0.717, 1.165) is 17.7 Å². The molecule has 1 aromatic heterocycles. The van der Waals surface area contributed by atoms with Gasteiger partial charge in [-0.1, -0.05) is 0 Å². The summed E-state index contributed by atoms with van der Waals surface area (Å²) in [5.41, 5.74) is 7.05. The zero-order valence-corrected chi connectivity index (χ0v) is 10.5. The fraction of sp³-hybridized carbons (Fsp3) is 0.583. The van der Waals surface area contributed by atoms with Gasteiger partial charge in [-0.3, -0.25) is 4.79 Å². The van der Waals surface area contributed by atoms with E-state index in [1.807, 2.05) is 20.8 Å². The predicted molar refractivity (Wildman–Crippen MR) is 63.6 cm³/mol. The van der Waals surface area contributed by atoms with Crippen LogP contribution >= 0.6 is 0 Å². The van der Waals surface area contributed by atoms with Crippen molar-refractivity contribution in [3.63, 3.8) is 0 Å². The van der Waals surface area contributed by atoms with Crippen molar-refractivity contribution in [1.29, 1.82) is 0 Å². The molecule has 1 rings (SSSR count). The molecule has 0 radical (unpaired) electrons. The van der Waals surface area contributed by atoms with E-state index in [1.165, 1.54) is 0 Å². The van der Waals surface area contributed by atoms with Crippen LogP contribution in [0.25, 0.3) is 0 Å². The highest BCUT2D eigenvalue weighted by atomic mass is 16.3. The van der Waals surface area contributed by atoms with Crippen LogP contribution in [0.5, 0.6) is 0 Å². The molecule has 0 atom stereocenters. The summed E-state index contributed by atoms with van der Waals surface area (Å²) in [6.07, 6.45) is 0.817. The second kappa shape index (κ2) is 5.16. The van der Waals surface area contributed by atoms with Gasteiger partial charge in [-0.15, -0.1) is 0 Å². The first-order valence-electron chi connectivity index (χ1n) is 5.51. The monoisotopic (exact) mass is 224 g/mol. The van der Waals surface area contributed by atoms with Crippen LogP contribution in [-0.4, -0.2) is 30.9 Å². The number of nitrogens with zero attached hydrogens (tertiary/aromatic N) is 1. The van der Waals surface area contributed by atoms with Crippen molar-refractivity contribution in [2.45, 2.75) is 27.2 Å². The zero-order chi connectivity index (χ0) is 12.3. The predicted octanol–water partition coefficient (Wildman–Crippen LogP) is 1.63. The Morgan fingerprint density at radius 2 is 1.94 bits per heavy atom. The van der Waals surface area contributed by atoms with Crippen LogP contribution in [-0.2, 0) is 0 Å². The Kier molecular flexibility index (Phi) is 4.12. The van der Waals surface area contributed by atoms with E-state index in [2.05, 4.69) is 0 Å². The SMILES string of the molecule is Cc1oc(C)c(C(=O)N(C)CCCN)c1C. The van der Waals surface area contributed by atoms with Gasteiger partial charge in [-0.2, -0.15) is 0 Å². The van der Waals surface area contributed by atoms with Gasteiger partial charge in [-0.25, -0.2) is 0 Å². The minimum Gasteiger partial charge on any atom is -0.466 e. The number of nitrogens with two attached hydrogens (primary N) is 1. The first-order valence-corrected chi connectivity index (χ1v) is 5.51. The van der Waals surface area contributed by atoms with E-state index in [0.29, 0.717) is 24.4 Å².